The minimum Gasteiger partial charge on any atom is -0.379 e. The molecule has 0 heterocycles. The van der Waals surface area contributed by atoms with Gasteiger partial charge in [-0.25, -0.2) is 0 Å². The SMILES string of the molecule is CCCCOCCOCCOCCNC=O. The number of unbranched alkanes of at least 4 members (excludes halogenated alkanes) is 1. The van der Waals surface area contributed by atoms with Crippen molar-refractivity contribution in [3.63, 3.8) is 0 Å². The Bertz CT molecular complexity index is 144. The largest absolute Gasteiger partial charge is 0.379 e. The molecular formula is C11H23NO4. The lowest BCUT2D eigenvalue weighted by molar-refractivity contribution is -0.109. The minimum absolute atomic E-state index is 0.523. The summed E-state index contributed by atoms with van der Waals surface area (Å²) in [5, 5.41) is 2.51. The van der Waals surface area contributed by atoms with Crippen LogP contribution in [0.2, 0.25) is 0 Å². The summed E-state index contributed by atoms with van der Waals surface area (Å²) >= 11 is 0. The number of amides is 1. The van der Waals surface area contributed by atoms with Crippen LogP contribution in [0.1, 0.15) is 19.8 Å². The predicted octanol–water partition coefficient (Wildman–Crippen LogP) is 0.582. The molecule has 0 aromatic heterocycles. The van der Waals surface area contributed by atoms with E-state index in [1.807, 2.05) is 0 Å². The molecule has 0 aliphatic heterocycles. The van der Waals surface area contributed by atoms with Crippen LogP contribution in [0, 0.1) is 0 Å². The Labute approximate surface area is 97.4 Å². The molecule has 0 rings (SSSR count). The van der Waals surface area contributed by atoms with Crippen molar-refractivity contribution in [2.75, 3.05) is 46.2 Å². The van der Waals surface area contributed by atoms with Crippen LogP contribution < -0.4 is 5.32 Å². The molecule has 16 heavy (non-hydrogen) atoms. The van der Waals surface area contributed by atoms with Gasteiger partial charge >= 0.3 is 0 Å². The Morgan fingerprint density at radius 3 is 2.06 bits per heavy atom. The van der Waals surface area contributed by atoms with Gasteiger partial charge in [0.05, 0.1) is 33.0 Å². The molecule has 1 N–H and O–H groups in total. The first-order valence-corrected chi connectivity index (χ1v) is 5.82. The highest BCUT2D eigenvalue weighted by atomic mass is 16.5. The molecule has 5 heteroatoms. The first kappa shape index (κ1) is 15.3. The lowest BCUT2D eigenvalue weighted by Crippen LogP contribution is -2.19. The van der Waals surface area contributed by atoms with E-state index in [-0.39, 0.29) is 0 Å². The minimum atomic E-state index is 0.523. The third-order valence-corrected chi connectivity index (χ3v) is 1.86. The number of ether oxygens (including phenoxy) is 3. The van der Waals surface area contributed by atoms with E-state index < -0.39 is 0 Å². The van der Waals surface area contributed by atoms with Crippen molar-refractivity contribution in [3.05, 3.63) is 0 Å². The summed E-state index contributed by atoms with van der Waals surface area (Å²) in [6.07, 6.45) is 2.92. The van der Waals surface area contributed by atoms with E-state index in [2.05, 4.69) is 12.2 Å². The van der Waals surface area contributed by atoms with Gasteiger partial charge in [0.25, 0.3) is 0 Å². The maximum atomic E-state index is 9.88. The second kappa shape index (κ2) is 14.3. The fourth-order valence-electron chi connectivity index (χ4n) is 0.978. The van der Waals surface area contributed by atoms with Gasteiger partial charge in [0.15, 0.2) is 0 Å². The molecule has 0 atom stereocenters. The number of hydrogen-bond donors (Lipinski definition) is 1. The van der Waals surface area contributed by atoms with Crippen molar-refractivity contribution in [3.8, 4) is 0 Å². The van der Waals surface area contributed by atoms with Crippen LogP contribution in [0.5, 0.6) is 0 Å². The summed E-state index contributed by atoms with van der Waals surface area (Å²) in [5.74, 6) is 0. The zero-order valence-corrected chi connectivity index (χ0v) is 10.1. The summed E-state index contributed by atoms with van der Waals surface area (Å²) in [6.45, 7) is 6.39. The summed E-state index contributed by atoms with van der Waals surface area (Å²) in [4.78, 5) is 9.88. The van der Waals surface area contributed by atoms with Gasteiger partial charge in [-0.3, -0.25) is 4.79 Å². The third kappa shape index (κ3) is 13.4. The Morgan fingerprint density at radius 2 is 1.50 bits per heavy atom. The summed E-state index contributed by atoms with van der Waals surface area (Å²) in [7, 11) is 0. The number of hydrogen-bond acceptors (Lipinski definition) is 4. The molecule has 96 valence electrons. The molecule has 0 radical (unpaired) electrons. The lowest BCUT2D eigenvalue weighted by Gasteiger charge is -2.06. The molecular weight excluding hydrogens is 210 g/mol. The highest BCUT2D eigenvalue weighted by Gasteiger charge is 1.91. The summed E-state index contributed by atoms with van der Waals surface area (Å²) in [5.41, 5.74) is 0. The van der Waals surface area contributed by atoms with Crippen molar-refractivity contribution in [2.24, 2.45) is 0 Å². The highest BCUT2D eigenvalue weighted by Crippen LogP contribution is 1.87. The van der Waals surface area contributed by atoms with Gasteiger partial charge in [-0.1, -0.05) is 13.3 Å². The van der Waals surface area contributed by atoms with Gasteiger partial charge in [-0.05, 0) is 6.42 Å². The van der Waals surface area contributed by atoms with Crippen molar-refractivity contribution >= 4 is 6.41 Å². The van der Waals surface area contributed by atoms with Gasteiger partial charge in [-0.15, -0.1) is 0 Å². The Morgan fingerprint density at radius 1 is 0.938 bits per heavy atom. The smallest absolute Gasteiger partial charge is 0.207 e. The maximum Gasteiger partial charge on any atom is 0.207 e. The highest BCUT2D eigenvalue weighted by molar-refractivity contribution is 5.45. The van der Waals surface area contributed by atoms with E-state index in [4.69, 9.17) is 14.2 Å². The fraction of sp³-hybridized carbons (Fsp3) is 0.909. The van der Waals surface area contributed by atoms with Crippen molar-refractivity contribution in [2.45, 2.75) is 19.8 Å². The second-order valence-electron chi connectivity index (χ2n) is 3.26. The molecule has 5 nitrogen and oxygen atoms in total. The lowest BCUT2D eigenvalue weighted by atomic mass is 10.4. The van der Waals surface area contributed by atoms with Crippen molar-refractivity contribution in [1.29, 1.82) is 0 Å². The molecule has 0 bridgehead atoms. The van der Waals surface area contributed by atoms with Gasteiger partial charge in [0.1, 0.15) is 0 Å². The van der Waals surface area contributed by atoms with Gasteiger partial charge in [0.2, 0.25) is 6.41 Å². The predicted molar refractivity (Wildman–Crippen MR) is 61.4 cm³/mol. The van der Waals surface area contributed by atoms with Crippen LogP contribution in [-0.4, -0.2) is 52.6 Å². The van der Waals surface area contributed by atoms with E-state index in [0.717, 1.165) is 19.4 Å². The molecule has 0 saturated heterocycles. The Hall–Kier alpha value is -0.650. The topological polar surface area (TPSA) is 56.8 Å². The Kier molecular flexibility index (Phi) is 13.8. The van der Waals surface area contributed by atoms with Crippen molar-refractivity contribution < 1.29 is 19.0 Å². The first-order chi connectivity index (χ1) is 7.91. The van der Waals surface area contributed by atoms with Crippen LogP contribution >= 0.6 is 0 Å². The molecule has 0 aliphatic carbocycles. The van der Waals surface area contributed by atoms with E-state index in [0.29, 0.717) is 46.0 Å². The normalized spacial score (nSPS) is 10.3. The number of carbonyl (C=O) groups is 1. The average molecular weight is 233 g/mol. The molecule has 0 aliphatic rings. The number of nitrogens with one attached hydrogen (secondary N) is 1. The third-order valence-electron chi connectivity index (χ3n) is 1.86. The molecule has 0 saturated carbocycles. The molecule has 0 spiro atoms. The van der Waals surface area contributed by atoms with E-state index >= 15 is 0 Å². The van der Waals surface area contributed by atoms with Gasteiger partial charge < -0.3 is 19.5 Å². The monoisotopic (exact) mass is 233 g/mol. The quantitative estimate of drug-likeness (QED) is 0.373. The van der Waals surface area contributed by atoms with Crippen LogP contribution in [0.4, 0.5) is 0 Å². The maximum absolute atomic E-state index is 9.88. The fourth-order valence-corrected chi connectivity index (χ4v) is 0.978. The van der Waals surface area contributed by atoms with E-state index in [1.54, 1.807) is 0 Å². The first-order valence-electron chi connectivity index (χ1n) is 5.82. The van der Waals surface area contributed by atoms with Crippen LogP contribution in [0.15, 0.2) is 0 Å². The second-order valence-corrected chi connectivity index (χ2v) is 3.26. The molecule has 0 fully saturated rings. The molecule has 1 amide bonds. The summed E-state index contributed by atoms with van der Waals surface area (Å²) in [6, 6.07) is 0. The average Bonchev–Trinajstić information content (AvgIpc) is 2.31. The van der Waals surface area contributed by atoms with Crippen LogP contribution in [0.25, 0.3) is 0 Å². The zero-order chi connectivity index (χ0) is 11.9. The van der Waals surface area contributed by atoms with E-state index in [1.165, 1.54) is 0 Å². The zero-order valence-electron chi connectivity index (χ0n) is 10.1. The molecule has 0 aromatic carbocycles. The van der Waals surface area contributed by atoms with Gasteiger partial charge in [0, 0.05) is 13.2 Å². The Balaban J connectivity index is 2.85. The summed E-state index contributed by atoms with van der Waals surface area (Å²) < 4.78 is 15.8. The van der Waals surface area contributed by atoms with Crippen molar-refractivity contribution in [1.82, 2.24) is 5.32 Å². The molecule has 0 aromatic rings. The van der Waals surface area contributed by atoms with E-state index in [9.17, 15) is 4.79 Å². The number of rotatable bonds is 13. The standard InChI is InChI=1S/C11H23NO4/c1-2-3-5-14-7-9-16-10-8-15-6-4-12-11-13/h11H,2-10H2,1H3,(H,12,13). The molecule has 0 unspecified atom stereocenters. The van der Waals surface area contributed by atoms with Crippen LogP contribution in [0.3, 0.4) is 0 Å². The number of carbonyl (C=O) groups excluding carboxylic acids is 1. The van der Waals surface area contributed by atoms with Gasteiger partial charge in [-0.2, -0.15) is 0 Å². The van der Waals surface area contributed by atoms with Crippen LogP contribution in [-0.2, 0) is 19.0 Å².